The van der Waals surface area contributed by atoms with Crippen LogP contribution in [-0.2, 0) is 19.1 Å². The Hall–Kier alpha value is -3.31. The van der Waals surface area contributed by atoms with Crippen molar-refractivity contribution in [2.45, 2.75) is 51.2 Å². The van der Waals surface area contributed by atoms with E-state index in [1.54, 1.807) is 13.8 Å². The number of nitrogens with zero attached hydrogens (tertiary/aromatic N) is 5. The van der Waals surface area contributed by atoms with Gasteiger partial charge in [-0.05, 0) is 45.7 Å². The Labute approximate surface area is 208 Å². The first-order valence-electron chi connectivity index (χ1n) is 12.0. The molecule has 0 bridgehead atoms. The molecule has 2 aliphatic heterocycles. The quantitative estimate of drug-likeness (QED) is 0.276. The zero-order valence-corrected chi connectivity index (χ0v) is 20.3. The number of aliphatic hydroxyl groups is 2. The molecule has 0 radical (unpaired) electrons. The van der Waals surface area contributed by atoms with E-state index < -0.39 is 30.4 Å². The molecule has 2 aliphatic rings. The van der Waals surface area contributed by atoms with Gasteiger partial charge >= 0.3 is 5.97 Å². The molecule has 36 heavy (non-hydrogen) atoms. The van der Waals surface area contributed by atoms with Crippen molar-refractivity contribution in [3.05, 3.63) is 12.2 Å². The van der Waals surface area contributed by atoms with E-state index in [4.69, 9.17) is 15.2 Å². The van der Waals surface area contributed by atoms with Gasteiger partial charge in [-0.25, -0.2) is 15.0 Å². The number of nitrogens with two attached hydrogens (primary N) is 1. The number of aromatic nitrogens is 4. The summed E-state index contributed by atoms with van der Waals surface area (Å²) in [6.45, 7) is 6.23. The van der Waals surface area contributed by atoms with Gasteiger partial charge in [0.25, 0.3) is 5.91 Å². The predicted molar refractivity (Wildman–Crippen MR) is 127 cm³/mol. The summed E-state index contributed by atoms with van der Waals surface area (Å²) in [6.07, 6.45) is -2.35. The lowest BCUT2D eigenvalue weighted by molar-refractivity contribution is -0.149. The van der Waals surface area contributed by atoms with Crippen LogP contribution in [0.1, 0.15) is 38.7 Å². The third kappa shape index (κ3) is 5.26. The SMILES string of the molecule is CCNC(=O)C1O[C@H](n2cnc3c(N)nc(C#CCN4CCC(C(=O)OCC)CC4)nc32)C(O)C1O. The minimum Gasteiger partial charge on any atom is -0.466 e. The zero-order valence-electron chi connectivity index (χ0n) is 20.3. The molecular weight excluding hydrogens is 470 g/mol. The molecular formula is C23H31N7O6. The number of piperidine rings is 1. The second-order valence-corrected chi connectivity index (χ2v) is 8.68. The number of anilines is 1. The van der Waals surface area contributed by atoms with Crippen molar-refractivity contribution in [1.82, 2.24) is 29.7 Å². The molecule has 13 heteroatoms. The number of hydrogen-bond acceptors (Lipinski definition) is 11. The fourth-order valence-electron chi connectivity index (χ4n) is 4.38. The lowest BCUT2D eigenvalue weighted by Crippen LogP contribution is -2.42. The van der Waals surface area contributed by atoms with Gasteiger partial charge in [-0.15, -0.1) is 0 Å². The molecule has 4 atom stereocenters. The lowest BCUT2D eigenvalue weighted by Gasteiger charge is -2.29. The van der Waals surface area contributed by atoms with Crippen molar-refractivity contribution in [1.29, 1.82) is 0 Å². The monoisotopic (exact) mass is 501 g/mol. The fraction of sp³-hybridized carbons (Fsp3) is 0.609. The first kappa shape index (κ1) is 25.8. The number of likely N-dealkylation sites (N-methyl/N-ethyl adjacent to an activating group) is 1. The Bertz CT molecular complexity index is 1170. The van der Waals surface area contributed by atoms with Crippen LogP contribution in [-0.4, -0.2) is 97.6 Å². The number of imidazole rings is 1. The highest BCUT2D eigenvalue weighted by Gasteiger charge is 2.47. The Morgan fingerprint density at radius 2 is 2.00 bits per heavy atom. The summed E-state index contributed by atoms with van der Waals surface area (Å²) in [5.41, 5.74) is 6.61. The summed E-state index contributed by atoms with van der Waals surface area (Å²) in [6, 6.07) is 0. The molecule has 1 amide bonds. The molecule has 194 valence electrons. The standard InChI is InChI=1S/C23H31N7O6/c1-3-25-21(33)18-16(31)17(32)22(36-18)30-12-26-15-19(24)27-14(28-20(15)30)6-5-9-29-10-7-13(8-11-29)23(34)35-4-2/h12-13,16-18,22,31-32H,3-4,7-11H2,1-2H3,(H,25,33)(H2,24,27,28)/t16?,17?,18?,22-/m0/s1. The van der Waals surface area contributed by atoms with E-state index in [1.807, 2.05) is 0 Å². The van der Waals surface area contributed by atoms with Gasteiger partial charge in [-0.1, -0.05) is 5.92 Å². The number of rotatable bonds is 6. The van der Waals surface area contributed by atoms with Crippen molar-refractivity contribution >= 4 is 28.9 Å². The van der Waals surface area contributed by atoms with Gasteiger partial charge in [-0.2, -0.15) is 0 Å². The lowest BCUT2D eigenvalue weighted by atomic mass is 9.97. The average molecular weight is 502 g/mol. The largest absolute Gasteiger partial charge is 0.466 e. The minimum atomic E-state index is -1.43. The summed E-state index contributed by atoms with van der Waals surface area (Å²) < 4.78 is 12.2. The van der Waals surface area contributed by atoms with Crippen LogP contribution >= 0.6 is 0 Å². The third-order valence-electron chi connectivity index (χ3n) is 6.28. The highest BCUT2D eigenvalue weighted by Crippen LogP contribution is 2.32. The maximum absolute atomic E-state index is 12.2. The van der Waals surface area contributed by atoms with Crippen LogP contribution in [0.25, 0.3) is 11.2 Å². The van der Waals surface area contributed by atoms with E-state index in [9.17, 15) is 19.8 Å². The van der Waals surface area contributed by atoms with Gasteiger partial charge in [0.2, 0.25) is 5.82 Å². The summed E-state index contributed by atoms with van der Waals surface area (Å²) in [5.74, 6) is 5.48. The smallest absolute Gasteiger partial charge is 0.309 e. The first-order valence-corrected chi connectivity index (χ1v) is 12.0. The Morgan fingerprint density at radius 1 is 1.25 bits per heavy atom. The van der Waals surface area contributed by atoms with E-state index >= 15 is 0 Å². The number of aliphatic hydroxyl groups excluding tert-OH is 2. The number of fused-ring (bicyclic) bond motifs is 1. The van der Waals surface area contributed by atoms with Crippen LogP contribution in [0, 0.1) is 17.8 Å². The van der Waals surface area contributed by atoms with Gasteiger partial charge in [0.1, 0.15) is 17.7 Å². The van der Waals surface area contributed by atoms with Gasteiger partial charge < -0.3 is 30.7 Å². The molecule has 0 saturated carbocycles. The molecule has 2 fully saturated rings. The fourth-order valence-corrected chi connectivity index (χ4v) is 4.38. The average Bonchev–Trinajstić information content (AvgIpc) is 3.41. The number of carbonyl (C=O) groups is 2. The van der Waals surface area contributed by atoms with Gasteiger partial charge in [-0.3, -0.25) is 19.1 Å². The highest BCUT2D eigenvalue weighted by atomic mass is 16.6. The normalized spacial score (nSPS) is 24.9. The van der Waals surface area contributed by atoms with Crippen LogP contribution < -0.4 is 11.1 Å². The molecule has 4 rings (SSSR count). The summed E-state index contributed by atoms with van der Waals surface area (Å²) >= 11 is 0. The van der Waals surface area contributed by atoms with Crippen molar-refractivity contribution < 1.29 is 29.3 Å². The molecule has 5 N–H and O–H groups in total. The van der Waals surface area contributed by atoms with E-state index in [0.717, 1.165) is 25.9 Å². The van der Waals surface area contributed by atoms with E-state index in [2.05, 4.69) is 37.0 Å². The molecule has 2 saturated heterocycles. The van der Waals surface area contributed by atoms with Crippen molar-refractivity contribution in [3.63, 3.8) is 0 Å². The van der Waals surface area contributed by atoms with Crippen molar-refractivity contribution in [3.8, 4) is 11.8 Å². The molecule has 0 aliphatic carbocycles. The van der Waals surface area contributed by atoms with E-state index in [0.29, 0.717) is 19.7 Å². The predicted octanol–water partition coefficient (Wildman–Crippen LogP) is -1.21. The third-order valence-corrected chi connectivity index (χ3v) is 6.28. The van der Waals surface area contributed by atoms with Gasteiger partial charge in [0.05, 0.1) is 25.4 Å². The molecule has 4 heterocycles. The second kappa shape index (κ2) is 11.2. The van der Waals surface area contributed by atoms with E-state index in [-0.39, 0.29) is 34.7 Å². The zero-order chi connectivity index (χ0) is 25.8. The van der Waals surface area contributed by atoms with Crippen molar-refractivity contribution in [2.75, 3.05) is 38.5 Å². The maximum Gasteiger partial charge on any atom is 0.309 e. The number of hydrogen-bond donors (Lipinski definition) is 4. The molecule has 0 spiro atoms. The summed E-state index contributed by atoms with van der Waals surface area (Å²) in [7, 11) is 0. The Morgan fingerprint density at radius 3 is 2.69 bits per heavy atom. The van der Waals surface area contributed by atoms with Crippen LogP contribution in [0.15, 0.2) is 6.33 Å². The number of likely N-dealkylation sites (tertiary alicyclic amines) is 1. The van der Waals surface area contributed by atoms with Crippen LogP contribution in [0.5, 0.6) is 0 Å². The van der Waals surface area contributed by atoms with Crippen molar-refractivity contribution in [2.24, 2.45) is 5.92 Å². The first-order chi connectivity index (χ1) is 17.3. The topological polar surface area (TPSA) is 178 Å². The molecule has 3 unspecified atom stereocenters. The maximum atomic E-state index is 12.2. The highest BCUT2D eigenvalue weighted by molar-refractivity contribution is 5.83. The number of nitrogen functional groups attached to an aromatic ring is 1. The molecule has 13 nitrogen and oxygen atoms in total. The van der Waals surface area contributed by atoms with Crippen LogP contribution in [0.3, 0.4) is 0 Å². The summed E-state index contributed by atoms with van der Waals surface area (Å²) in [5, 5.41) is 23.5. The van der Waals surface area contributed by atoms with Crippen LogP contribution in [0.4, 0.5) is 5.82 Å². The number of ether oxygens (including phenoxy) is 2. The minimum absolute atomic E-state index is 0.0701. The van der Waals surface area contributed by atoms with E-state index in [1.165, 1.54) is 10.9 Å². The molecule has 2 aromatic heterocycles. The number of nitrogens with one attached hydrogen (secondary N) is 1. The second-order valence-electron chi connectivity index (χ2n) is 8.68. The number of carbonyl (C=O) groups excluding carboxylic acids is 2. The Kier molecular flexibility index (Phi) is 8.00. The number of esters is 1. The Balaban J connectivity index is 1.47. The molecule has 2 aromatic rings. The number of amides is 1. The summed E-state index contributed by atoms with van der Waals surface area (Å²) in [4.78, 5) is 39.1. The van der Waals surface area contributed by atoms with Gasteiger partial charge in [0.15, 0.2) is 23.8 Å². The molecule has 0 aromatic carbocycles. The van der Waals surface area contributed by atoms with Crippen LogP contribution in [0.2, 0.25) is 0 Å². The van der Waals surface area contributed by atoms with Gasteiger partial charge in [0, 0.05) is 6.54 Å².